The van der Waals surface area contributed by atoms with Crippen LogP contribution in [0.1, 0.15) is 45.6 Å². The Morgan fingerprint density at radius 2 is 2.05 bits per heavy atom. The van der Waals surface area contributed by atoms with Gasteiger partial charge in [0.2, 0.25) is 0 Å². The lowest BCUT2D eigenvalue weighted by molar-refractivity contribution is 0.220. The van der Waals surface area contributed by atoms with Crippen LogP contribution in [0.2, 0.25) is 5.02 Å². The van der Waals surface area contributed by atoms with E-state index in [1.54, 1.807) is 0 Å². The lowest BCUT2D eigenvalue weighted by Gasteiger charge is -2.30. The van der Waals surface area contributed by atoms with E-state index in [9.17, 15) is 0 Å². The first-order valence-electron chi connectivity index (χ1n) is 7.37. The molecule has 2 nitrogen and oxygen atoms in total. The normalized spacial score (nSPS) is 20.9. The van der Waals surface area contributed by atoms with Crippen LogP contribution in [0.4, 0.5) is 5.82 Å². The Labute approximate surface area is 132 Å². The number of rotatable bonds is 2. The molecule has 0 N–H and O–H groups in total. The van der Waals surface area contributed by atoms with Crippen molar-refractivity contribution >= 4 is 29.0 Å². The van der Waals surface area contributed by atoms with Gasteiger partial charge in [-0.1, -0.05) is 32.4 Å². The first-order chi connectivity index (χ1) is 9.41. The van der Waals surface area contributed by atoms with Gasteiger partial charge < -0.3 is 4.90 Å². The largest absolute Gasteiger partial charge is 0.355 e. The Morgan fingerprint density at radius 1 is 1.30 bits per heavy atom. The molecule has 1 atom stereocenters. The fourth-order valence-corrected chi connectivity index (χ4v) is 3.40. The Kier molecular flexibility index (Phi) is 5.19. The van der Waals surface area contributed by atoms with Gasteiger partial charge in [-0.05, 0) is 42.2 Å². The molecule has 112 valence electrons. The SMILES string of the molecule is CC(C)(C)C1CCCN(c2ncc(CCl)cc2Cl)CC1. The topological polar surface area (TPSA) is 16.1 Å². The van der Waals surface area contributed by atoms with Crippen LogP contribution < -0.4 is 4.90 Å². The molecule has 1 fully saturated rings. The Hall–Kier alpha value is -0.470. The van der Waals surface area contributed by atoms with Gasteiger partial charge in [-0.3, -0.25) is 0 Å². The van der Waals surface area contributed by atoms with Crippen LogP contribution in [-0.4, -0.2) is 18.1 Å². The molecule has 0 aliphatic carbocycles. The number of hydrogen-bond acceptors (Lipinski definition) is 2. The highest BCUT2D eigenvalue weighted by atomic mass is 35.5. The van der Waals surface area contributed by atoms with E-state index in [2.05, 4.69) is 30.7 Å². The summed E-state index contributed by atoms with van der Waals surface area (Å²) in [7, 11) is 0. The van der Waals surface area contributed by atoms with E-state index in [0.29, 0.717) is 11.3 Å². The monoisotopic (exact) mass is 314 g/mol. The van der Waals surface area contributed by atoms with Gasteiger partial charge in [0.05, 0.1) is 5.02 Å². The average molecular weight is 315 g/mol. The minimum atomic E-state index is 0.385. The lowest BCUT2D eigenvalue weighted by atomic mass is 9.77. The third-order valence-corrected chi connectivity index (χ3v) is 4.87. The van der Waals surface area contributed by atoms with Gasteiger partial charge in [-0.25, -0.2) is 4.98 Å². The summed E-state index contributed by atoms with van der Waals surface area (Å²) in [5, 5.41) is 0.720. The number of hydrogen-bond donors (Lipinski definition) is 0. The zero-order chi connectivity index (χ0) is 14.8. The van der Waals surface area contributed by atoms with Crippen molar-refractivity contribution in [1.29, 1.82) is 0 Å². The molecule has 4 heteroatoms. The minimum Gasteiger partial charge on any atom is -0.355 e. The van der Waals surface area contributed by atoms with Gasteiger partial charge in [0.15, 0.2) is 0 Å². The molecule has 1 aliphatic rings. The third-order valence-electron chi connectivity index (χ3n) is 4.29. The van der Waals surface area contributed by atoms with Crippen molar-refractivity contribution in [2.45, 2.75) is 45.9 Å². The molecular weight excluding hydrogens is 291 g/mol. The number of pyridine rings is 1. The van der Waals surface area contributed by atoms with E-state index >= 15 is 0 Å². The molecule has 0 amide bonds. The Bertz CT molecular complexity index is 454. The van der Waals surface area contributed by atoms with Crippen LogP contribution in [0.25, 0.3) is 0 Å². The molecular formula is C16H24Cl2N2. The van der Waals surface area contributed by atoms with Crippen molar-refractivity contribution in [3.8, 4) is 0 Å². The maximum Gasteiger partial charge on any atom is 0.147 e. The zero-order valence-electron chi connectivity index (χ0n) is 12.6. The van der Waals surface area contributed by atoms with Crippen molar-refractivity contribution in [2.24, 2.45) is 11.3 Å². The van der Waals surface area contributed by atoms with E-state index in [1.165, 1.54) is 19.3 Å². The summed E-state index contributed by atoms with van der Waals surface area (Å²) in [5.74, 6) is 2.14. The van der Waals surface area contributed by atoms with Crippen LogP contribution in [0.3, 0.4) is 0 Å². The fraction of sp³-hybridized carbons (Fsp3) is 0.688. The second-order valence-corrected chi connectivity index (χ2v) is 7.44. The van der Waals surface area contributed by atoms with Crippen LogP contribution >= 0.6 is 23.2 Å². The van der Waals surface area contributed by atoms with Crippen molar-refractivity contribution in [3.63, 3.8) is 0 Å². The molecule has 0 bridgehead atoms. The van der Waals surface area contributed by atoms with Gasteiger partial charge in [0, 0.05) is 25.2 Å². The van der Waals surface area contributed by atoms with Crippen LogP contribution in [0, 0.1) is 11.3 Å². The van der Waals surface area contributed by atoms with Gasteiger partial charge in [0.25, 0.3) is 0 Å². The van der Waals surface area contributed by atoms with Crippen LogP contribution in [-0.2, 0) is 5.88 Å². The second-order valence-electron chi connectivity index (χ2n) is 6.76. The molecule has 2 heterocycles. The number of anilines is 1. The number of nitrogens with zero attached hydrogens (tertiary/aromatic N) is 2. The molecule has 1 saturated heterocycles. The number of alkyl halides is 1. The number of halogens is 2. The molecule has 0 saturated carbocycles. The minimum absolute atomic E-state index is 0.385. The van der Waals surface area contributed by atoms with Crippen LogP contribution in [0.15, 0.2) is 12.3 Å². The lowest BCUT2D eigenvalue weighted by Crippen LogP contribution is -2.27. The molecule has 1 unspecified atom stereocenters. The van der Waals surface area contributed by atoms with Crippen molar-refractivity contribution in [1.82, 2.24) is 4.98 Å². The molecule has 0 spiro atoms. The Morgan fingerprint density at radius 3 is 2.65 bits per heavy atom. The number of aromatic nitrogens is 1. The maximum atomic E-state index is 6.36. The van der Waals surface area contributed by atoms with E-state index in [1.807, 2.05) is 12.3 Å². The van der Waals surface area contributed by atoms with Gasteiger partial charge in [-0.15, -0.1) is 11.6 Å². The van der Waals surface area contributed by atoms with Crippen LogP contribution in [0.5, 0.6) is 0 Å². The summed E-state index contributed by atoms with van der Waals surface area (Å²) in [5.41, 5.74) is 1.36. The zero-order valence-corrected chi connectivity index (χ0v) is 14.1. The van der Waals surface area contributed by atoms with E-state index in [-0.39, 0.29) is 0 Å². The molecule has 0 aromatic carbocycles. The average Bonchev–Trinajstić information content (AvgIpc) is 2.63. The highest BCUT2D eigenvalue weighted by Gasteiger charge is 2.27. The maximum absolute atomic E-state index is 6.36. The first-order valence-corrected chi connectivity index (χ1v) is 8.28. The van der Waals surface area contributed by atoms with Gasteiger partial charge in [-0.2, -0.15) is 0 Å². The standard InChI is InChI=1S/C16H24Cl2N2/c1-16(2,3)13-5-4-7-20(8-6-13)15-14(18)9-12(10-17)11-19-15/h9,11,13H,4-8,10H2,1-3H3. The molecule has 1 aromatic rings. The van der Waals surface area contributed by atoms with E-state index in [0.717, 1.165) is 35.4 Å². The van der Waals surface area contributed by atoms with Crippen molar-refractivity contribution < 1.29 is 0 Å². The van der Waals surface area contributed by atoms with Gasteiger partial charge >= 0.3 is 0 Å². The molecule has 0 radical (unpaired) electrons. The predicted molar refractivity (Wildman–Crippen MR) is 87.8 cm³/mol. The summed E-state index contributed by atoms with van der Waals surface area (Å²) in [6.07, 6.45) is 5.54. The highest BCUT2D eigenvalue weighted by molar-refractivity contribution is 6.33. The van der Waals surface area contributed by atoms with Crippen molar-refractivity contribution in [2.75, 3.05) is 18.0 Å². The van der Waals surface area contributed by atoms with Gasteiger partial charge in [0.1, 0.15) is 5.82 Å². The summed E-state index contributed by atoms with van der Waals surface area (Å²) in [6, 6.07) is 1.93. The fourth-order valence-electron chi connectivity index (χ4n) is 2.95. The van der Waals surface area contributed by atoms with E-state index < -0.39 is 0 Å². The summed E-state index contributed by atoms with van der Waals surface area (Å²) in [6.45, 7) is 9.10. The second kappa shape index (κ2) is 6.53. The first kappa shape index (κ1) is 15.9. The summed E-state index contributed by atoms with van der Waals surface area (Å²) < 4.78 is 0. The summed E-state index contributed by atoms with van der Waals surface area (Å²) in [4.78, 5) is 6.84. The quantitative estimate of drug-likeness (QED) is 0.704. The summed E-state index contributed by atoms with van der Waals surface area (Å²) >= 11 is 12.2. The molecule has 1 aromatic heterocycles. The molecule has 2 rings (SSSR count). The molecule has 20 heavy (non-hydrogen) atoms. The third kappa shape index (κ3) is 3.79. The Balaban J connectivity index is 2.11. The molecule has 1 aliphatic heterocycles. The highest BCUT2D eigenvalue weighted by Crippen LogP contribution is 2.36. The smallest absolute Gasteiger partial charge is 0.147 e. The predicted octanol–water partition coefficient (Wildman–Crippen LogP) is 5.13. The van der Waals surface area contributed by atoms with Crippen molar-refractivity contribution in [3.05, 3.63) is 22.8 Å². The van der Waals surface area contributed by atoms with E-state index in [4.69, 9.17) is 23.2 Å².